The standard InChI is InChI=1S/C9H13NS/c1-9(2)5-7(10)6-3-4-11-8(6)9/h3-4,7H,5,10H2,1-2H3/t7-/m0/s1. The first-order valence-corrected chi connectivity index (χ1v) is 4.83. The van der Waals surface area contributed by atoms with Crippen molar-refractivity contribution in [3.8, 4) is 0 Å². The summed E-state index contributed by atoms with van der Waals surface area (Å²) in [6, 6.07) is 2.45. The molecule has 1 aliphatic rings. The van der Waals surface area contributed by atoms with Crippen LogP contribution in [0.2, 0.25) is 0 Å². The first kappa shape index (κ1) is 7.32. The minimum Gasteiger partial charge on any atom is -0.324 e. The van der Waals surface area contributed by atoms with E-state index in [9.17, 15) is 0 Å². The van der Waals surface area contributed by atoms with Crippen LogP contribution in [0.1, 0.15) is 36.8 Å². The molecule has 1 heterocycles. The van der Waals surface area contributed by atoms with Crippen LogP contribution in [0.3, 0.4) is 0 Å². The third-order valence-electron chi connectivity index (χ3n) is 2.44. The average molecular weight is 167 g/mol. The number of thiophene rings is 1. The number of hydrogen-bond acceptors (Lipinski definition) is 2. The van der Waals surface area contributed by atoms with Gasteiger partial charge in [-0.3, -0.25) is 0 Å². The van der Waals surface area contributed by atoms with Crippen LogP contribution in [0.5, 0.6) is 0 Å². The van der Waals surface area contributed by atoms with E-state index < -0.39 is 0 Å². The molecule has 0 unspecified atom stereocenters. The summed E-state index contributed by atoms with van der Waals surface area (Å²) in [4.78, 5) is 1.49. The Morgan fingerprint density at radius 1 is 1.64 bits per heavy atom. The molecule has 0 radical (unpaired) electrons. The first-order valence-electron chi connectivity index (χ1n) is 3.95. The van der Waals surface area contributed by atoms with Gasteiger partial charge in [-0.2, -0.15) is 0 Å². The highest BCUT2D eigenvalue weighted by Crippen LogP contribution is 2.46. The second-order valence-corrected chi connectivity index (χ2v) is 4.82. The van der Waals surface area contributed by atoms with Crippen molar-refractivity contribution in [3.05, 3.63) is 21.9 Å². The zero-order valence-electron chi connectivity index (χ0n) is 6.92. The lowest BCUT2D eigenvalue weighted by molar-refractivity contribution is 0.486. The molecule has 0 saturated heterocycles. The van der Waals surface area contributed by atoms with Gasteiger partial charge >= 0.3 is 0 Å². The van der Waals surface area contributed by atoms with Crippen LogP contribution >= 0.6 is 11.3 Å². The Morgan fingerprint density at radius 3 is 3.00 bits per heavy atom. The van der Waals surface area contributed by atoms with Crippen LogP contribution in [0.4, 0.5) is 0 Å². The summed E-state index contributed by atoms with van der Waals surface area (Å²) < 4.78 is 0. The average Bonchev–Trinajstić information content (AvgIpc) is 2.37. The summed E-state index contributed by atoms with van der Waals surface area (Å²) in [6.07, 6.45) is 1.11. The molecule has 1 aliphatic carbocycles. The van der Waals surface area contributed by atoms with Crippen LogP contribution in [-0.4, -0.2) is 0 Å². The van der Waals surface area contributed by atoms with E-state index in [0.29, 0.717) is 5.41 Å². The Labute approximate surface area is 71.2 Å². The van der Waals surface area contributed by atoms with Crippen molar-refractivity contribution in [3.63, 3.8) is 0 Å². The molecule has 1 aromatic rings. The van der Waals surface area contributed by atoms with Gasteiger partial charge in [0.15, 0.2) is 0 Å². The largest absolute Gasteiger partial charge is 0.324 e. The maximum Gasteiger partial charge on any atom is 0.0314 e. The molecule has 0 amide bonds. The van der Waals surface area contributed by atoms with Gasteiger partial charge in [0.05, 0.1) is 0 Å². The summed E-state index contributed by atoms with van der Waals surface area (Å²) in [5.41, 5.74) is 7.67. The van der Waals surface area contributed by atoms with Crippen LogP contribution in [0.25, 0.3) is 0 Å². The van der Waals surface area contributed by atoms with Gasteiger partial charge in [-0.1, -0.05) is 13.8 Å². The van der Waals surface area contributed by atoms with E-state index in [4.69, 9.17) is 5.73 Å². The van der Waals surface area contributed by atoms with Gasteiger partial charge in [0, 0.05) is 16.3 Å². The molecule has 0 bridgehead atoms. The molecule has 1 aromatic heterocycles. The monoisotopic (exact) mass is 167 g/mol. The molecule has 0 spiro atoms. The molecule has 0 aliphatic heterocycles. The van der Waals surface area contributed by atoms with E-state index in [-0.39, 0.29) is 6.04 Å². The molecule has 1 nitrogen and oxygen atoms in total. The van der Waals surface area contributed by atoms with Crippen molar-refractivity contribution in [1.29, 1.82) is 0 Å². The molecular weight excluding hydrogens is 154 g/mol. The van der Waals surface area contributed by atoms with Gasteiger partial charge in [0.1, 0.15) is 0 Å². The van der Waals surface area contributed by atoms with Crippen molar-refractivity contribution in [2.75, 3.05) is 0 Å². The summed E-state index contributed by atoms with van der Waals surface area (Å²) in [5.74, 6) is 0. The second-order valence-electron chi connectivity index (χ2n) is 3.90. The molecule has 60 valence electrons. The van der Waals surface area contributed by atoms with E-state index in [2.05, 4.69) is 25.3 Å². The summed E-state index contributed by atoms with van der Waals surface area (Å²) in [7, 11) is 0. The minimum atomic E-state index is 0.284. The van der Waals surface area contributed by atoms with Gasteiger partial charge < -0.3 is 5.73 Å². The normalized spacial score (nSPS) is 27.0. The highest BCUT2D eigenvalue weighted by molar-refractivity contribution is 7.10. The highest BCUT2D eigenvalue weighted by atomic mass is 32.1. The van der Waals surface area contributed by atoms with Crippen LogP contribution < -0.4 is 5.73 Å². The fourth-order valence-electron chi connectivity index (χ4n) is 1.91. The summed E-state index contributed by atoms with van der Waals surface area (Å²) in [5, 5.41) is 2.14. The van der Waals surface area contributed by atoms with Gasteiger partial charge in [0.2, 0.25) is 0 Å². The Bertz CT molecular complexity index is 275. The zero-order valence-corrected chi connectivity index (χ0v) is 7.74. The molecule has 11 heavy (non-hydrogen) atoms. The molecular formula is C9H13NS. The van der Waals surface area contributed by atoms with E-state index in [0.717, 1.165) is 6.42 Å². The van der Waals surface area contributed by atoms with Crippen LogP contribution in [0, 0.1) is 0 Å². The van der Waals surface area contributed by atoms with Gasteiger partial charge in [-0.15, -0.1) is 11.3 Å². The third-order valence-corrected chi connectivity index (χ3v) is 3.74. The lowest BCUT2D eigenvalue weighted by Gasteiger charge is -2.16. The van der Waals surface area contributed by atoms with Crippen molar-refractivity contribution in [2.45, 2.75) is 31.7 Å². The second kappa shape index (κ2) is 2.08. The number of nitrogens with two attached hydrogens (primary N) is 1. The predicted molar refractivity (Wildman–Crippen MR) is 48.9 cm³/mol. The van der Waals surface area contributed by atoms with Gasteiger partial charge in [-0.25, -0.2) is 0 Å². The molecule has 1 atom stereocenters. The molecule has 2 heteroatoms. The zero-order chi connectivity index (χ0) is 8.06. The maximum atomic E-state index is 5.97. The van der Waals surface area contributed by atoms with E-state index in [1.165, 1.54) is 10.4 Å². The van der Waals surface area contributed by atoms with Crippen molar-refractivity contribution in [2.24, 2.45) is 5.73 Å². The van der Waals surface area contributed by atoms with Gasteiger partial charge in [0.25, 0.3) is 0 Å². The van der Waals surface area contributed by atoms with E-state index >= 15 is 0 Å². The van der Waals surface area contributed by atoms with Crippen molar-refractivity contribution < 1.29 is 0 Å². The Morgan fingerprint density at radius 2 is 2.36 bits per heavy atom. The van der Waals surface area contributed by atoms with Crippen molar-refractivity contribution in [1.82, 2.24) is 0 Å². The van der Waals surface area contributed by atoms with Crippen LogP contribution in [0.15, 0.2) is 11.4 Å². The Balaban J connectivity index is 2.54. The SMILES string of the molecule is CC1(C)C[C@H](N)c2ccsc21. The molecule has 0 fully saturated rings. The van der Waals surface area contributed by atoms with Gasteiger partial charge in [-0.05, 0) is 23.4 Å². The number of hydrogen-bond donors (Lipinski definition) is 1. The molecule has 0 aromatic carbocycles. The minimum absolute atomic E-state index is 0.284. The molecule has 0 saturated carbocycles. The lowest BCUT2D eigenvalue weighted by atomic mass is 9.92. The van der Waals surface area contributed by atoms with E-state index in [1.807, 2.05) is 11.3 Å². The summed E-state index contributed by atoms with van der Waals surface area (Å²) in [6.45, 7) is 4.55. The molecule has 2 N–H and O–H groups in total. The maximum absolute atomic E-state index is 5.97. The number of fused-ring (bicyclic) bond motifs is 1. The van der Waals surface area contributed by atoms with E-state index in [1.54, 1.807) is 0 Å². The quantitative estimate of drug-likeness (QED) is 0.631. The Kier molecular flexibility index (Phi) is 1.38. The fourth-order valence-corrected chi connectivity index (χ4v) is 3.02. The first-order chi connectivity index (χ1) is 5.11. The summed E-state index contributed by atoms with van der Waals surface area (Å²) >= 11 is 1.84. The molecule has 2 rings (SSSR count). The topological polar surface area (TPSA) is 26.0 Å². The smallest absolute Gasteiger partial charge is 0.0314 e. The predicted octanol–water partition coefficient (Wildman–Crippen LogP) is 2.43. The highest BCUT2D eigenvalue weighted by Gasteiger charge is 2.35. The van der Waals surface area contributed by atoms with Crippen LogP contribution in [-0.2, 0) is 5.41 Å². The Hall–Kier alpha value is -0.340. The van der Waals surface area contributed by atoms with Crippen molar-refractivity contribution >= 4 is 11.3 Å². The lowest BCUT2D eigenvalue weighted by Crippen LogP contribution is -2.13. The number of rotatable bonds is 0. The fraction of sp³-hybridized carbons (Fsp3) is 0.556. The third kappa shape index (κ3) is 0.932.